The molecule has 0 unspecified atom stereocenters. The Morgan fingerprint density at radius 3 is 2.68 bits per heavy atom. The summed E-state index contributed by atoms with van der Waals surface area (Å²) in [6.07, 6.45) is 3.95. The number of carbonyl (C=O) groups excluding carboxylic acids is 2. The number of hydrogen-bond donors (Lipinski definition) is 1. The second-order valence-corrected chi connectivity index (χ2v) is 5.64. The monoisotopic (exact) mass is 262 g/mol. The van der Waals surface area contributed by atoms with Gasteiger partial charge < -0.3 is 14.6 Å². The highest BCUT2D eigenvalue weighted by Crippen LogP contribution is 2.37. The summed E-state index contributed by atoms with van der Waals surface area (Å²) in [6.45, 7) is 4.01. The van der Waals surface area contributed by atoms with E-state index in [9.17, 15) is 9.59 Å². The molecular weight excluding hydrogens is 244 g/mol. The van der Waals surface area contributed by atoms with Gasteiger partial charge in [0.05, 0.1) is 11.8 Å². The number of carbonyl (C=O) groups is 2. The maximum absolute atomic E-state index is 12.3. The van der Waals surface area contributed by atoms with E-state index in [4.69, 9.17) is 4.42 Å². The molecular formula is C14H18N2O3. The molecule has 0 aliphatic carbocycles. The lowest BCUT2D eigenvalue weighted by molar-refractivity contribution is -0.119. The van der Waals surface area contributed by atoms with Crippen molar-refractivity contribution in [3.8, 4) is 0 Å². The van der Waals surface area contributed by atoms with Crippen molar-refractivity contribution in [3.63, 3.8) is 0 Å². The molecule has 2 aliphatic rings. The molecule has 0 aromatic carbocycles. The van der Waals surface area contributed by atoms with Crippen LogP contribution in [0.1, 0.15) is 35.4 Å². The highest BCUT2D eigenvalue weighted by molar-refractivity contribution is 5.95. The second-order valence-electron chi connectivity index (χ2n) is 5.64. The summed E-state index contributed by atoms with van der Waals surface area (Å²) in [4.78, 5) is 25.6. The van der Waals surface area contributed by atoms with E-state index in [2.05, 4.69) is 5.32 Å². The molecule has 1 N–H and O–H groups in total. The average molecular weight is 262 g/mol. The Kier molecular flexibility index (Phi) is 2.84. The van der Waals surface area contributed by atoms with Gasteiger partial charge in [0.25, 0.3) is 5.91 Å². The van der Waals surface area contributed by atoms with E-state index in [0.717, 1.165) is 32.5 Å². The zero-order valence-electron chi connectivity index (χ0n) is 11.1. The Labute approximate surface area is 111 Å². The standard InChI is InChI=1S/C14H18N2O3/c1-10-11(2-7-19-10)13(18)16-5-3-14(4-6-16)8-12(17)15-9-14/h2,7H,3-6,8-9H2,1H3,(H,15,17). The van der Waals surface area contributed by atoms with Crippen molar-refractivity contribution in [3.05, 3.63) is 23.7 Å². The van der Waals surface area contributed by atoms with Crippen molar-refractivity contribution in [1.82, 2.24) is 10.2 Å². The van der Waals surface area contributed by atoms with E-state index in [1.165, 1.54) is 0 Å². The minimum absolute atomic E-state index is 0.0402. The largest absolute Gasteiger partial charge is 0.469 e. The number of nitrogens with zero attached hydrogens (tertiary/aromatic N) is 1. The molecule has 2 aliphatic heterocycles. The van der Waals surface area contributed by atoms with Gasteiger partial charge in [0.1, 0.15) is 5.76 Å². The van der Waals surface area contributed by atoms with Crippen LogP contribution in [-0.4, -0.2) is 36.3 Å². The van der Waals surface area contributed by atoms with Gasteiger partial charge in [-0.3, -0.25) is 9.59 Å². The van der Waals surface area contributed by atoms with Crippen LogP contribution in [-0.2, 0) is 4.79 Å². The lowest BCUT2D eigenvalue weighted by Crippen LogP contribution is -2.44. The Hall–Kier alpha value is -1.78. The summed E-state index contributed by atoms with van der Waals surface area (Å²) in [7, 11) is 0. The van der Waals surface area contributed by atoms with Crippen molar-refractivity contribution >= 4 is 11.8 Å². The van der Waals surface area contributed by atoms with E-state index in [-0.39, 0.29) is 17.2 Å². The summed E-state index contributed by atoms with van der Waals surface area (Å²) < 4.78 is 5.18. The first-order valence-corrected chi connectivity index (χ1v) is 6.70. The van der Waals surface area contributed by atoms with E-state index in [1.54, 1.807) is 19.3 Å². The third-order valence-electron chi connectivity index (χ3n) is 4.40. The van der Waals surface area contributed by atoms with Crippen LogP contribution in [0, 0.1) is 12.3 Å². The van der Waals surface area contributed by atoms with Gasteiger partial charge in [0, 0.05) is 26.1 Å². The highest BCUT2D eigenvalue weighted by atomic mass is 16.3. The molecule has 0 bridgehead atoms. The minimum Gasteiger partial charge on any atom is -0.469 e. The van der Waals surface area contributed by atoms with Gasteiger partial charge >= 0.3 is 0 Å². The van der Waals surface area contributed by atoms with Crippen molar-refractivity contribution < 1.29 is 14.0 Å². The van der Waals surface area contributed by atoms with E-state index < -0.39 is 0 Å². The predicted octanol–water partition coefficient (Wildman–Crippen LogP) is 1.33. The zero-order chi connectivity index (χ0) is 13.5. The van der Waals surface area contributed by atoms with Crippen LogP contribution >= 0.6 is 0 Å². The number of rotatable bonds is 1. The van der Waals surface area contributed by atoms with Gasteiger partial charge in [-0.05, 0) is 31.2 Å². The lowest BCUT2D eigenvalue weighted by atomic mass is 9.77. The molecule has 5 nitrogen and oxygen atoms in total. The van der Waals surface area contributed by atoms with E-state index in [0.29, 0.717) is 17.7 Å². The van der Waals surface area contributed by atoms with Crippen molar-refractivity contribution in [2.75, 3.05) is 19.6 Å². The van der Waals surface area contributed by atoms with Crippen molar-refractivity contribution in [2.24, 2.45) is 5.41 Å². The molecule has 19 heavy (non-hydrogen) atoms. The molecule has 0 radical (unpaired) electrons. The molecule has 2 fully saturated rings. The second kappa shape index (κ2) is 4.40. The summed E-state index contributed by atoms with van der Waals surface area (Å²) in [6, 6.07) is 1.72. The van der Waals surface area contributed by atoms with Crippen molar-refractivity contribution in [2.45, 2.75) is 26.2 Å². The molecule has 3 heterocycles. The Morgan fingerprint density at radius 1 is 1.42 bits per heavy atom. The quantitative estimate of drug-likeness (QED) is 0.830. The molecule has 1 aromatic rings. The van der Waals surface area contributed by atoms with Gasteiger partial charge in [-0.15, -0.1) is 0 Å². The maximum Gasteiger partial charge on any atom is 0.257 e. The predicted molar refractivity (Wildman–Crippen MR) is 68.6 cm³/mol. The van der Waals surface area contributed by atoms with Crippen molar-refractivity contribution in [1.29, 1.82) is 0 Å². The number of furan rings is 1. The topological polar surface area (TPSA) is 62.6 Å². The van der Waals surface area contributed by atoms with Gasteiger partial charge in [-0.2, -0.15) is 0 Å². The van der Waals surface area contributed by atoms with Crippen LogP contribution in [0.25, 0.3) is 0 Å². The molecule has 102 valence electrons. The first-order valence-electron chi connectivity index (χ1n) is 6.70. The first-order chi connectivity index (χ1) is 9.10. The summed E-state index contributed by atoms with van der Waals surface area (Å²) in [5, 5.41) is 2.90. The van der Waals surface area contributed by atoms with Gasteiger partial charge in [-0.1, -0.05) is 0 Å². The van der Waals surface area contributed by atoms with Crippen LogP contribution in [0.15, 0.2) is 16.7 Å². The van der Waals surface area contributed by atoms with Crippen LogP contribution < -0.4 is 5.32 Å². The first kappa shape index (κ1) is 12.3. The number of piperidine rings is 1. The third-order valence-corrected chi connectivity index (χ3v) is 4.40. The molecule has 2 amide bonds. The Balaban J connectivity index is 1.66. The Bertz CT molecular complexity index is 513. The maximum atomic E-state index is 12.3. The molecule has 0 atom stereocenters. The smallest absolute Gasteiger partial charge is 0.257 e. The van der Waals surface area contributed by atoms with E-state index in [1.807, 2.05) is 4.90 Å². The number of likely N-dealkylation sites (tertiary alicyclic amines) is 1. The minimum atomic E-state index is 0.0402. The lowest BCUT2D eigenvalue weighted by Gasteiger charge is -2.38. The molecule has 0 saturated carbocycles. The molecule has 1 spiro atoms. The molecule has 3 rings (SSSR count). The SMILES string of the molecule is Cc1occc1C(=O)N1CCC2(CC1)CNC(=O)C2. The fourth-order valence-electron chi connectivity index (χ4n) is 3.07. The fraction of sp³-hybridized carbons (Fsp3) is 0.571. The fourth-order valence-corrected chi connectivity index (χ4v) is 3.07. The summed E-state index contributed by atoms with van der Waals surface area (Å²) in [5.41, 5.74) is 0.732. The third kappa shape index (κ3) is 2.13. The van der Waals surface area contributed by atoms with Gasteiger partial charge in [0.15, 0.2) is 0 Å². The van der Waals surface area contributed by atoms with Crippen LogP contribution in [0.3, 0.4) is 0 Å². The van der Waals surface area contributed by atoms with E-state index >= 15 is 0 Å². The average Bonchev–Trinajstić information content (AvgIpc) is 2.97. The van der Waals surface area contributed by atoms with Gasteiger partial charge in [-0.25, -0.2) is 0 Å². The van der Waals surface area contributed by atoms with Gasteiger partial charge in [0.2, 0.25) is 5.91 Å². The number of aryl methyl sites for hydroxylation is 1. The molecule has 1 aromatic heterocycles. The number of hydrogen-bond acceptors (Lipinski definition) is 3. The summed E-state index contributed by atoms with van der Waals surface area (Å²) >= 11 is 0. The summed E-state index contributed by atoms with van der Waals surface area (Å²) in [5.74, 6) is 0.854. The highest BCUT2D eigenvalue weighted by Gasteiger charge is 2.41. The Morgan fingerprint density at radius 2 is 2.16 bits per heavy atom. The normalized spacial score (nSPS) is 21.7. The number of amides is 2. The van der Waals surface area contributed by atoms with Crippen LogP contribution in [0.4, 0.5) is 0 Å². The van der Waals surface area contributed by atoms with Crippen LogP contribution in [0.5, 0.6) is 0 Å². The molecule has 2 saturated heterocycles. The zero-order valence-corrected chi connectivity index (χ0v) is 11.1. The van der Waals surface area contributed by atoms with Crippen LogP contribution in [0.2, 0.25) is 0 Å². The number of nitrogens with one attached hydrogen (secondary N) is 1. The molecule has 5 heteroatoms.